The molecule has 5 amide bonds. The van der Waals surface area contributed by atoms with Crippen LogP contribution in [-0.2, 0) is 22.7 Å². The highest BCUT2D eigenvalue weighted by Crippen LogP contribution is 2.37. The maximum atomic E-state index is 13.5. The number of halogens is 1. The van der Waals surface area contributed by atoms with Crippen LogP contribution in [0.3, 0.4) is 0 Å². The minimum Gasteiger partial charge on any atom is -0.486 e. The molecule has 0 aromatic heterocycles. The van der Waals surface area contributed by atoms with E-state index in [1.54, 1.807) is 18.2 Å². The first kappa shape index (κ1) is 34.8. The Bertz CT molecular complexity index is 2060. The predicted molar refractivity (Wildman–Crippen MR) is 194 cm³/mol. The van der Waals surface area contributed by atoms with Crippen LogP contribution in [0.1, 0.15) is 87.3 Å². The molecule has 0 bridgehead atoms. The summed E-state index contributed by atoms with van der Waals surface area (Å²) in [6, 6.07) is 17.5. The molecule has 53 heavy (non-hydrogen) atoms. The highest BCUT2D eigenvalue weighted by Gasteiger charge is 2.51. The number of imide groups is 2. The standard InChI is InChI=1S/C40H39ClN6O6/c1-40(2)34(53-29-8-5-25(18-42)32(41)17-29)22-46(40)37(50)24-3-6-28(7-4-24)45-13-11-23(12-14-45)19-44-20-26-15-30-31(16-27(26)21-44)39(52)47(38(30)51)33-9-10-35(48)43-36(33)49/h3-8,15-17,23,33-34H,9-14,19-22H2,1-2H3,(H,43,48,49)/t33?,34-/m0/s1. The van der Waals surface area contributed by atoms with E-state index in [9.17, 15) is 24.0 Å². The van der Waals surface area contributed by atoms with E-state index in [2.05, 4.69) is 15.1 Å². The summed E-state index contributed by atoms with van der Waals surface area (Å²) < 4.78 is 6.14. The Kier molecular flexibility index (Phi) is 8.74. The van der Waals surface area contributed by atoms with Crippen molar-refractivity contribution in [1.82, 2.24) is 20.0 Å². The molecule has 8 rings (SSSR count). The van der Waals surface area contributed by atoms with Crippen molar-refractivity contribution in [2.45, 2.75) is 70.3 Å². The molecule has 3 aromatic rings. The Morgan fingerprint density at radius 1 is 0.943 bits per heavy atom. The Balaban J connectivity index is 0.822. The molecular weight excluding hydrogens is 696 g/mol. The van der Waals surface area contributed by atoms with E-state index >= 15 is 0 Å². The first-order valence-corrected chi connectivity index (χ1v) is 18.4. The monoisotopic (exact) mass is 734 g/mol. The van der Waals surface area contributed by atoms with E-state index in [-0.39, 0.29) is 24.9 Å². The third kappa shape index (κ3) is 6.21. The van der Waals surface area contributed by atoms with Crippen LogP contribution < -0.4 is 15.0 Å². The summed E-state index contributed by atoms with van der Waals surface area (Å²) >= 11 is 6.17. The van der Waals surface area contributed by atoms with Crippen molar-refractivity contribution in [3.8, 4) is 11.8 Å². The number of rotatable bonds is 7. The number of nitrogens with one attached hydrogen (secondary N) is 1. The number of fused-ring (bicyclic) bond motifs is 2. The van der Waals surface area contributed by atoms with Gasteiger partial charge in [0.25, 0.3) is 17.7 Å². The van der Waals surface area contributed by atoms with Crippen LogP contribution in [0.25, 0.3) is 0 Å². The molecule has 1 unspecified atom stereocenters. The average Bonchev–Trinajstić information content (AvgIpc) is 3.65. The maximum Gasteiger partial charge on any atom is 0.262 e. The van der Waals surface area contributed by atoms with E-state index < -0.39 is 35.2 Å². The molecule has 12 nitrogen and oxygen atoms in total. The molecule has 3 fully saturated rings. The van der Waals surface area contributed by atoms with Crippen LogP contribution in [0.4, 0.5) is 5.69 Å². The fourth-order valence-corrected chi connectivity index (χ4v) is 8.53. The zero-order valence-electron chi connectivity index (χ0n) is 29.6. The van der Waals surface area contributed by atoms with Crippen molar-refractivity contribution in [2.24, 2.45) is 5.92 Å². The largest absolute Gasteiger partial charge is 0.486 e. The van der Waals surface area contributed by atoms with Crippen LogP contribution >= 0.6 is 11.6 Å². The molecule has 5 aliphatic rings. The Hall–Kier alpha value is -5.25. The van der Waals surface area contributed by atoms with E-state index in [0.29, 0.717) is 58.6 Å². The topological polar surface area (TPSA) is 143 Å². The number of hydrogen-bond donors (Lipinski definition) is 1. The molecule has 0 spiro atoms. The normalized spacial score (nSPS) is 22.6. The molecule has 1 N–H and O–H groups in total. The van der Waals surface area contributed by atoms with Gasteiger partial charge in [-0.25, -0.2) is 0 Å². The van der Waals surface area contributed by atoms with Crippen molar-refractivity contribution >= 4 is 46.8 Å². The highest BCUT2D eigenvalue weighted by atomic mass is 35.5. The third-order valence-electron chi connectivity index (χ3n) is 11.6. The minimum atomic E-state index is -0.965. The molecule has 0 radical (unpaired) electrons. The van der Waals surface area contributed by atoms with Gasteiger partial charge in [0.15, 0.2) is 0 Å². The number of nitriles is 1. The van der Waals surface area contributed by atoms with Gasteiger partial charge in [-0.05, 0) is 98.7 Å². The van der Waals surface area contributed by atoms with E-state index in [1.165, 1.54) is 0 Å². The van der Waals surface area contributed by atoms with Gasteiger partial charge in [0.05, 0.1) is 33.8 Å². The van der Waals surface area contributed by atoms with Crippen LogP contribution in [-0.4, -0.2) is 88.1 Å². The number of likely N-dealkylation sites (tertiary alicyclic amines) is 1. The third-order valence-corrected chi connectivity index (χ3v) is 11.9. The zero-order valence-corrected chi connectivity index (χ0v) is 30.3. The summed E-state index contributed by atoms with van der Waals surface area (Å²) in [5, 5.41) is 11.7. The number of amides is 5. The molecule has 3 saturated heterocycles. The van der Waals surface area contributed by atoms with Crippen LogP contribution in [0.2, 0.25) is 5.02 Å². The van der Waals surface area contributed by atoms with Gasteiger partial charge < -0.3 is 14.5 Å². The van der Waals surface area contributed by atoms with Crippen molar-refractivity contribution in [3.63, 3.8) is 0 Å². The number of carbonyl (C=O) groups excluding carboxylic acids is 5. The van der Waals surface area contributed by atoms with Crippen molar-refractivity contribution in [3.05, 3.63) is 93.0 Å². The molecule has 5 aliphatic heterocycles. The highest BCUT2D eigenvalue weighted by molar-refractivity contribution is 6.31. The van der Waals surface area contributed by atoms with Crippen molar-refractivity contribution in [2.75, 3.05) is 31.1 Å². The number of hydrogen-bond acceptors (Lipinski definition) is 9. The predicted octanol–water partition coefficient (Wildman–Crippen LogP) is 4.53. The molecule has 5 heterocycles. The maximum absolute atomic E-state index is 13.5. The lowest BCUT2D eigenvalue weighted by atomic mass is 9.84. The van der Waals surface area contributed by atoms with Gasteiger partial charge in [-0.2, -0.15) is 5.26 Å². The van der Waals surface area contributed by atoms with Gasteiger partial charge in [-0.3, -0.25) is 39.1 Å². The molecule has 0 aliphatic carbocycles. The number of piperidine rings is 2. The van der Waals surface area contributed by atoms with Gasteiger partial charge in [-0.1, -0.05) is 11.6 Å². The molecule has 0 saturated carbocycles. The quantitative estimate of drug-likeness (QED) is 0.347. The molecular formula is C40H39ClN6O6. The second kappa shape index (κ2) is 13.3. The summed E-state index contributed by atoms with van der Waals surface area (Å²) in [4.78, 5) is 71.6. The van der Waals surface area contributed by atoms with Gasteiger partial charge in [-0.15, -0.1) is 0 Å². The molecule has 3 aromatic carbocycles. The van der Waals surface area contributed by atoms with Crippen molar-refractivity contribution < 1.29 is 28.7 Å². The van der Waals surface area contributed by atoms with Gasteiger partial charge >= 0.3 is 0 Å². The fourth-order valence-electron chi connectivity index (χ4n) is 8.31. The van der Waals surface area contributed by atoms with E-state index in [0.717, 1.165) is 54.2 Å². The first-order valence-electron chi connectivity index (χ1n) is 18.0. The lowest BCUT2D eigenvalue weighted by Gasteiger charge is -2.54. The molecule has 272 valence electrons. The minimum absolute atomic E-state index is 0.0461. The summed E-state index contributed by atoms with van der Waals surface area (Å²) in [7, 11) is 0. The number of benzene rings is 3. The summed E-state index contributed by atoms with van der Waals surface area (Å²) in [5.74, 6) is -0.913. The number of anilines is 1. The number of ether oxygens (including phenoxy) is 1. The first-order chi connectivity index (χ1) is 25.4. The second-order valence-electron chi connectivity index (χ2n) is 15.2. The van der Waals surface area contributed by atoms with Gasteiger partial charge in [0.2, 0.25) is 11.8 Å². The smallest absolute Gasteiger partial charge is 0.262 e. The Labute approximate surface area is 312 Å². The van der Waals surface area contributed by atoms with Crippen LogP contribution in [0.5, 0.6) is 5.75 Å². The van der Waals surface area contributed by atoms with Gasteiger partial charge in [0.1, 0.15) is 24.0 Å². The van der Waals surface area contributed by atoms with Crippen molar-refractivity contribution in [1.29, 1.82) is 5.26 Å². The van der Waals surface area contributed by atoms with E-state index in [1.807, 2.05) is 61.2 Å². The van der Waals surface area contributed by atoms with E-state index in [4.69, 9.17) is 21.6 Å². The summed E-state index contributed by atoms with van der Waals surface area (Å²) in [6.07, 6.45) is 2.07. The van der Waals surface area contributed by atoms with Crippen LogP contribution in [0.15, 0.2) is 54.6 Å². The summed E-state index contributed by atoms with van der Waals surface area (Å²) in [5.41, 5.74) is 4.30. The lowest BCUT2D eigenvalue weighted by molar-refractivity contribution is -0.136. The van der Waals surface area contributed by atoms with Crippen LogP contribution in [0, 0.1) is 17.2 Å². The molecule has 2 atom stereocenters. The zero-order chi connectivity index (χ0) is 37.2. The SMILES string of the molecule is CC1(C)[C@@H](Oc2ccc(C#N)c(Cl)c2)CN1C(=O)c1ccc(N2CCC(CN3Cc4cc5c(cc4C3)C(=O)N(C3CCC(=O)NC3=O)C5=O)CC2)cc1. The lowest BCUT2D eigenvalue weighted by Crippen LogP contribution is -2.71. The fraction of sp³-hybridized carbons (Fsp3) is 0.400. The second-order valence-corrected chi connectivity index (χ2v) is 15.6. The van der Waals surface area contributed by atoms with Gasteiger partial charge in [0, 0.05) is 56.5 Å². The average molecular weight is 735 g/mol. The Morgan fingerprint density at radius 3 is 2.19 bits per heavy atom. The molecule has 13 heteroatoms. The number of nitrogens with zero attached hydrogens (tertiary/aromatic N) is 5. The summed E-state index contributed by atoms with van der Waals surface area (Å²) in [6.45, 7) is 8.54. The number of carbonyl (C=O) groups is 5. The Morgan fingerprint density at radius 2 is 1.60 bits per heavy atom.